The van der Waals surface area contributed by atoms with Crippen LogP contribution in [0.4, 0.5) is 0 Å². The largest absolute Gasteiger partial charge is 0.298 e. The number of nitrogens with zero attached hydrogens (tertiary/aromatic N) is 1. The van der Waals surface area contributed by atoms with Crippen LogP contribution in [-0.4, -0.2) is 5.78 Å². The van der Waals surface area contributed by atoms with Crippen LogP contribution < -0.4 is 0 Å². The Hall–Kier alpha value is -1.33. The van der Waals surface area contributed by atoms with Crippen LogP contribution in [0.2, 0.25) is 0 Å². The van der Waals surface area contributed by atoms with Gasteiger partial charge in [-0.2, -0.15) is 5.26 Å². The summed E-state index contributed by atoms with van der Waals surface area (Å²) in [6.07, 6.45) is 1.10. The number of nitriles is 1. The van der Waals surface area contributed by atoms with E-state index in [4.69, 9.17) is 16.9 Å². The Kier molecular flexibility index (Phi) is 4.52. The summed E-state index contributed by atoms with van der Waals surface area (Å²) in [6.45, 7) is 3.49. The van der Waals surface area contributed by atoms with Crippen LogP contribution in [0.3, 0.4) is 0 Å². The van der Waals surface area contributed by atoms with E-state index in [0.717, 1.165) is 23.1 Å². The topological polar surface area (TPSA) is 40.9 Å². The number of benzene rings is 1. The molecule has 84 valence electrons. The Bertz CT molecular complexity index is 434. The lowest BCUT2D eigenvalue weighted by Gasteiger charge is -2.15. The summed E-state index contributed by atoms with van der Waals surface area (Å²) in [5, 5.41) is 8.11. The highest BCUT2D eigenvalue weighted by Gasteiger charge is 2.19. The maximum atomic E-state index is 11.4. The first-order valence-electron chi connectivity index (χ1n) is 5.24. The molecule has 0 aliphatic carbocycles. The highest BCUT2D eigenvalue weighted by Crippen LogP contribution is 2.29. The number of hydrogen-bond acceptors (Lipinski definition) is 2. The smallest absolute Gasteiger partial charge is 0.152 e. The Morgan fingerprint density at radius 1 is 1.50 bits per heavy atom. The fourth-order valence-electron chi connectivity index (χ4n) is 1.74. The molecule has 1 atom stereocenters. The van der Waals surface area contributed by atoms with Crippen LogP contribution in [-0.2, 0) is 17.6 Å². The van der Waals surface area contributed by atoms with Crippen molar-refractivity contribution >= 4 is 17.4 Å². The summed E-state index contributed by atoms with van der Waals surface area (Å²) >= 11 is 6.11. The van der Waals surface area contributed by atoms with E-state index in [0.29, 0.717) is 6.42 Å². The molecule has 0 saturated heterocycles. The number of aryl methyl sites for hydroxylation is 1. The number of rotatable bonds is 4. The average Bonchev–Trinajstić information content (AvgIpc) is 2.28. The monoisotopic (exact) mass is 235 g/mol. The quantitative estimate of drug-likeness (QED) is 0.752. The van der Waals surface area contributed by atoms with Gasteiger partial charge in [-0.3, -0.25) is 4.79 Å². The molecule has 0 aromatic heterocycles. The molecule has 1 unspecified atom stereocenters. The number of carbonyl (C=O) groups excluding carboxylic acids is 1. The van der Waals surface area contributed by atoms with Crippen LogP contribution in [0.15, 0.2) is 18.2 Å². The van der Waals surface area contributed by atoms with E-state index >= 15 is 0 Å². The van der Waals surface area contributed by atoms with E-state index in [9.17, 15) is 4.79 Å². The minimum atomic E-state index is -0.639. The van der Waals surface area contributed by atoms with Crippen molar-refractivity contribution in [2.45, 2.75) is 32.1 Å². The molecule has 0 aliphatic heterocycles. The molecule has 0 spiro atoms. The third kappa shape index (κ3) is 2.62. The van der Waals surface area contributed by atoms with Gasteiger partial charge in [0.25, 0.3) is 0 Å². The fraction of sp³-hybridized carbons (Fsp3) is 0.385. The normalized spacial score (nSPS) is 11.9. The van der Waals surface area contributed by atoms with Gasteiger partial charge >= 0.3 is 0 Å². The van der Waals surface area contributed by atoms with Gasteiger partial charge in [0.15, 0.2) is 5.78 Å². The second-order valence-corrected chi connectivity index (χ2v) is 4.09. The van der Waals surface area contributed by atoms with Gasteiger partial charge in [0.1, 0.15) is 5.38 Å². The number of carbonyl (C=O) groups is 1. The SMILES string of the molecule is CCc1cccc(CC#N)c1C(Cl)C(C)=O. The van der Waals surface area contributed by atoms with Crippen molar-refractivity contribution in [2.75, 3.05) is 0 Å². The van der Waals surface area contributed by atoms with Crippen LogP contribution in [0.5, 0.6) is 0 Å². The van der Waals surface area contributed by atoms with Crippen molar-refractivity contribution in [1.29, 1.82) is 5.26 Å². The Labute approximate surface area is 101 Å². The van der Waals surface area contributed by atoms with E-state index in [1.807, 2.05) is 25.1 Å². The summed E-state index contributed by atoms with van der Waals surface area (Å²) in [6, 6.07) is 7.81. The van der Waals surface area contributed by atoms with E-state index < -0.39 is 5.38 Å². The van der Waals surface area contributed by atoms with Crippen LogP contribution in [0.1, 0.15) is 35.9 Å². The molecular formula is C13H14ClNO. The molecule has 1 aromatic rings. The number of Topliss-reactive ketones (excluding diaryl/α,β-unsaturated/α-hetero) is 1. The van der Waals surface area contributed by atoms with Gasteiger partial charge in [0.05, 0.1) is 12.5 Å². The zero-order valence-electron chi connectivity index (χ0n) is 9.46. The first-order chi connectivity index (χ1) is 7.61. The molecule has 0 heterocycles. The molecule has 0 N–H and O–H groups in total. The molecule has 1 rings (SSSR count). The van der Waals surface area contributed by atoms with Crippen LogP contribution in [0, 0.1) is 11.3 Å². The molecular weight excluding hydrogens is 222 g/mol. The van der Waals surface area contributed by atoms with Crippen molar-refractivity contribution in [3.8, 4) is 6.07 Å². The van der Waals surface area contributed by atoms with Crippen LogP contribution >= 0.6 is 11.6 Å². The molecule has 0 bridgehead atoms. The average molecular weight is 236 g/mol. The van der Waals surface area contributed by atoms with Crippen LogP contribution in [0.25, 0.3) is 0 Å². The minimum absolute atomic E-state index is 0.0817. The summed E-state index contributed by atoms with van der Waals surface area (Å²) in [5.74, 6) is -0.0817. The van der Waals surface area contributed by atoms with Crippen molar-refractivity contribution in [2.24, 2.45) is 0 Å². The highest BCUT2D eigenvalue weighted by molar-refractivity contribution is 6.31. The van der Waals surface area contributed by atoms with E-state index in [1.165, 1.54) is 6.92 Å². The summed E-state index contributed by atoms with van der Waals surface area (Å²) < 4.78 is 0. The third-order valence-corrected chi connectivity index (χ3v) is 3.07. The summed E-state index contributed by atoms with van der Waals surface area (Å²) in [4.78, 5) is 11.4. The number of alkyl halides is 1. The lowest BCUT2D eigenvalue weighted by Crippen LogP contribution is -2.08. The molecule has 1 aromatic carbocycles. The second kappa shape index (κ2) is 5.67. The van der Waals surface area contributed by atoms with E-state index in [2.05, 4.69) is 6.07 Å². The van der Waals surface area contributed by atoms with Crippen molar-refractivity contribution in [3.63, 3.8) is 0 Å². The second-order valence-electron chi connectivity index (χ2n) is 3.65. The maximum Gasteiger partial charge on any atom is 0.152 e. The zero-order valence-corrected chi connectivity index (χ0v) is 10.2. The lowest BCUT2D eigenvalue weighted by molar-refractivity contribution is -0.116. The first-order valence-corrected chi connectivity index (χ1v) is 5.67. The van der Waals surface area contributed by atoms with Gasteiger partial charge in [-0.05, 0) is 30.0 Å². The maximum absolute atomic E-state index is 11.4. The summed E-state index contributed by atoms with van der Waals surface area (Å²) in [7, 11) is 0. The minimum Gasteiger partial charge on any atom is -0.298 e. The molecule has 0 saturated carbocycles. The number of hydrogen-bond donors (Lipinski definition) is 0. The number of halogens is 1. The predicted molar refractivity (Wildman–Crippen MR) is 64.4 cm³/mol. The van der Waals surface area contributed by atoms with Gasteiger partial charge in [0.2, 0.25) is 0 Å². The standard InChI is InChI=1S/C13H14ClNO/c1-3-10-5-4-6-11(7-8-15)12(10)13(14)9(2)16/h4-6,13H,3,7H2,1-2H3. The van der Waals surface area contributed by atoms with Gasteiger partial charge in [-0.1, -0.05) is 25.1 Å². The third-order valence-electron chi connectivity index (χ3n) is 2.55. The predicted octanol–water partition coefficient (Wildman–Crippen LogP) is 3.18. The Balaban J connectivity index is 3.30. The molecule has 0 aliphatic rings. The van der Waals surface area contributed by atoms with Crippen molar-refractivity contribution in [3.05, 3.63) is 34.9 Å². The lowest BCUT2D eigenvalue weighted by atomic mass is 9.93. The first kappa shape index (κ1) is 12.7. The van der Waals surface area contributed by atoms with Gasteiger partial charge in [-0.15, -0.1) is 11.6 Å². The molecule has 3 heteroatoms. The van der Waals surface area contributed by atoms with Gasteiger partial charge < -0.3 is 0 Å². The van der Waals surface area contributed by atoms with Gasteiger partial charge in [0, 0.05) is 0 Å². The Morgan fingerprint density at radius 3 is 2.62 bits per heavy atom. The highest BCUT2D eigenvalue weighted by atomic mass is 35.5. The van der Waals surface area contributed by atoms with E-state index in [1.54, 1.807) is 0 Å². The molecule has 2 nitrogen and oxygen atoms in total. The molecule has 16 heavy (non-hydrogen) atoms. The van der Waals surface area contributed by atoms with E-state index in [-0.39, 0.29) is 5.78 Å². The van der Waals surface area contributed by atoms with Crippen molar-refractivity contribution < 1.29 is 4.79 Å². The zero-order chi connectivity index (χ0) is 12.1. The molecule has 0 fully saturated rings. The van der Waals surface area contributed by atoms with Crippen molar-refractivity contribution in [1.82, 2.24) is 0 Å². The molecule has 0 radical (unpaired) electrons. The fourth-order valence-corrected chi connectivity index (χ4v) is 2.02. The summed E-state index contributed by atoms with van der Waals surface area (Å²) in [5.41, 5.74) is 2.72. The number of ketones is 1. The molecule has 0 amide bonds. The Morgan fingerprint density at radius 2 is 2.12 bits per heavy atom. The van der Waals surface area contributed by atoms with Gasteiger partial charge in [-0.25, -0.2) is 0 Å².